The number of carboxylic acids is 1. The van der Waals surface area contributed by atoms with Crippen LogP contribution in [0.2, 0.25) is 0 Å². The third-order valence-corrected chi connectivity index (χ3v) is 3.03. The molecule has 0 fully saturated rings. The van der Waals surface area contributed by atoms with Gasteiger partial charge in [0.2, 0.25) is 5.91 Å². The van der Waals surface area contributed by atoms with Crippen molar-refractivity contribution in [1.29, 1.82) is 0 Å². The molecular weight excluding hydrogens is 249 g/mol. The lowest BCUT2D eigenvalue weighted by molar-refractivity contribution is -0.150. The van der Waals surface area contributed by atoms with Crippen molar-refractivity contribution in [3.8, 4) is 0 Å². The van der Waals surface area contributed by atoms with Gasteiger partial charge in [-0.3, -0.25) is 9.59 Å². The molecule has 1 rings (SSSR count). The molecule has 1 unspecified atom stereocenters. The highest BCUT2D eigenvalue weighted by Gasteiger charge is 2.26. The highest BCUT2D eigenvalue weighted by molar-refractivity contribution is 5.96. The maximum absolute atomic E-state index is 12.7. The van der Waals surface area contributed by atoms with Gasteiger partial charge in [-0.1, -0.05) is 19.1 Å². The molecule has 1 aromatic carbocycles. The number of amides is 1. The summed E-state index contributed by atoms with van der Waals surface area (Å²) in [6.45, 7) is 2.08. The zero-order valence-corrected chi connectivity index (χ0v) is 11.1. The number of hydrogen-bond donors (Lipinski definition) is 1. The Bertz CT molecular complexity index is 445. The molecule has 0 aromatic heterocycles. The Balaban J connectivity index is 2.55. The number of benzene rings is 1. The molecule has 0 bridgehead atoms. The summed E-state index contributed by atoms with van der Waals surface area (Å²) in [6, 6.07) is 6.04. The first-order valence-electron chi connectivity index (χ1n) is 6.18. The molecule has 1 N–H and O–H groups in total. The molecule has 0 heterocycles. The molecule has 0 saturated carbocycles. The number of halogens is 1. The second kappa shape index (κ2) is 6.87. The fraction of sp³-hybridized carbons (Fsp3) is 0.429. The van der Waals surface area contributed by atoms with E-state index in [1.165, 1.54) is 17.0 Å². The van der Waals surface area contributed by atoms with Crippen LogP contribution in [0.15, 0.2) is 24.3 Å². The van der Waals surface area contributed by atoms with Crippen molar-refractivity contribution in [2.75, 3.05) is 13.6 Å². The average molecular weight is 267 g/mol. The van der Waals surface area contributed by atoms with Crippen molar-refractivity contribution in [3.63, 3.8) is 0 Å². The molecule has 0 spiro atoms. The second-order valence-electron chi connectivity index (χ2n) is 4.44. The lowest BCUT2D eigenvalue weighted by Gasteiger charge is -2.20. The zero-order chi connectivity index (χ0) is 14.4. The van der Waals surface area contributed by atoms with Crippen molar-refractivity contribution >= 4 is 11.9 Å². The maximum atomic E-state index is 12.7. The first-order chi connectivity index (χ1) is 8.95. The number of carbonyl (C=O) groups is 2. The van der Waals surface area contributed by atoms with Gasteiger partial charge < -0.3 is 10.0 Å². The molecule has 19 heavy (non-hydrogen) atoms. The number of carbonyl (C=O) groups excluding carboxylic acids is 1. The van der Waals surface area contributed by atoms with Crippen LogP contribution in [0.1, 0.15) is 18.9 Å². The first-order valence-corrected chi connectivity index (χ1v) is 6.18. The van der Waals surface area contributed by atoms with Crippen molar-refractivity contribution < 1.29 is 19.1 Å². The van der Waals surface area contributed by atoms with Gasteiger partial charge >= 0.3 is 5.97 Å². The van der Waals surface area contributed by atoms with Crippen molar-refractivity contribution in [2.24, 2.45) is 5.92 Å². The number of rotatable bonds is 6. The van der Waals surface area contributed by atoms with Crippen molar-refractivity contribution in [2.45, 2.75) is 19.8 Å². The van der Waals surface area contributed by atoms with Crippen molar-refractivity contribution in [1.82, 2.24) is 4.90 Å². The molecule has 5 heteroatoms. The molecule has 0 radical (unpaired) electrons. The topological polar surface area (TPSA) is 57.6 Å². The Morgan fingerprint density at radius 3 is 2.37 bits per heavy atom. The molecule has 0 aliphatic rings. The normalized spacial score (nSPS) is 11.9. The minimum atomic E-state index is -1.10. The highest BCUT2D eigenvalue weighted by atomic mass is 19.1. The summed E-state index contributed by atoms with van der Waals surface area (Å²) in [5.74, 6) is -2.78. The third-order valence-electron chi connectivity index (χ3n) is 3.03. The maximum Gasteiger partial charge on any atom is 0.316 e. The van der Waals surface area contributed by atoms with Gasteiger partial charge in [-0.2, -0.15) is 0 Å². The summed E-state index contributed by atoms with van der Waals surface area (Å²) in [4.78, 5) is 24.2. The molecule has 0 aliphatic heterocycles. The van der Waals surface area contributed by atoms with E-state index in [0.29, 0.717) is 13.0 Å². The molecule has 1 atom stereocenters. The van der Waals surface area contributed by atoms with Gasteiger partial charge in [0.1, 0.15) is 11.7 Å². The van der Waals surface area contributed by atoms with Gasteiger partial charge in [-0.25, -0.2) is 4.39 Å². The van der Waals surface area contributed by atoms with Gasteiger partial charge in [-0.15, -0.1) is 0 Å². The Morgan fingerprint density at radius 1 is 1.32 bits per heavy atom. The van der Waals surface area contributed by atoms with Gasteiger partial charge in [0.05, 0.1) is 0 Å². The third kappa shape index (κ3) is 4.35. The van der Waals surface area contributed by atoms with E-state index < -0.39 is 17.8 Å². The number of nitrogens with zero attached hydrogens (tertiary/aromatic N) is 1. The smallest absolute Gasteiger partial charge is 0.316 e. The first kappa shape index (κ1) is 15.1. The molecule has 0 aliphatic carbocycles. The standard InChI is InChI=1S/C14H18FNO3/c1-3-12(14(18)19)13(17)16(2)9-8-10-4-6-11(15)7-5-10/h4-7,12H,3,8-9H2,1-2H3,(H,18,19). The van der Waals surface area contributed by atoms with Crippen LogP contribution < -0.4 is 0 Å². The van der Waals surface area contributed by atoms with Gasteiger partial charge in [0.25, 0.3) is 0 Å². The van der Waals surface area contributed by atoms with E-state index in [2.05, 4.69) is 0 Å². The summed E-state index contributed by atoms with van der Waals surface area (Å²) in [5, 5.41) is 8.92. The fourth-order valence-corrected chi connectivity index (χ4v) is 1.78. The quantitative estimate of drug-likeness (QED) is 0.801. The van der Waals surface area contributed by atoms with Crippen LogP contribution in [0.4, 0.5) is 4.39 Å². The van der Waals surface area contributed by atoms with Crippen LogP contribution >= 0.6 is 0 Å². The molecule has 1 amide bonds. The zero-order valence-electron chi connectivity index (χ0n) is 11.1. The minimum absolute atomic E-state index is 0.273. The second-order valence-corrected chi connectivity index (χ2v) is 4.44. The minimum Gasteiger partial charge on any atom is -0.481 e. The van der Waals surface area contributed by atoms with E-state index in [0.717, 1.165) is 5.56 Å². The lowest BCUT2D eigenvalue weighted by atomic mass is 10.1. The summed E-state index contributed by atoms with van der Waals surface area (Å²) < 4.78 is 12.7. The van der Waals surface area contributed by atoms with Gasteiger partial charge in [0.15, 0.2) is 0 Å². The van der Waals surface area contributed by atoms with E-state index in [1.807, 2.05) is 0 Å². The van der Waals surface area contributed by atoms with E-state index in [4.69, 9.17) is 5.11 Å². The Hall–Kier alpha value is -1.91. The van der Waals surface area contributed by atoms with E-state index in [-0.39, 0.29) is 12.2 Å². The predicted octanol–water partition coefficient (Wildman–Crippen LogP) is 1.94. The van der Waals surface area contributed by atoms with E-state index >= 15 is 0 Å². The summed E-state index contributed by atoms with van der Waals surface area (Å²) in [7, 11) is 1.58. The van der Waals surface area contributed by atoms with Gasteiger partial charge in [-0.05, 0) is 30.5 Å². The lowest BCUT2D eigenvalue weighted by Crippen LogP contribution is -2.37. The monoisotopic (exact) mass is 267 g/mol. The largest absolute Gasteiger partial charge is 0.481 e. The number of aliphatic carboxylic acids is 1. The molecular formula is C14H18FNO3. The molecule has 4 nitrogen and oxygen atoms in total. The Labute approximate surface area is 111 Å². The van der Waals surface area contributed by atoms with Crippen LogP contribution in [0.3, 0.4) is 0 Å². The molecule has 1 aromatic rings. The van der Waals surface area contributed by atoms with Crippen molar-refractivity contribution in [3.05, 3.63) is 35.6 Å². The number of hydrogen-bond acceptors (Lipinski definition) is 2. The summed E-state index contributed by atoms with van der Waals surface area (Å²) in [5.41, 5.74) is 0.907. The van der Waals surface area contributed by atoms with E-state index in [1.54, 1.807) is 26.1 Å². The SMILES string of the molecule is CCC(C(=O)O)C(=O)N(C)CCc1ccc(F)cc1. The Morgan fingerprint density at radius 2 is 1.89 bits per heavy atom. The summed E-state index contributed by atoms with van der Waals surface area (Å²) >= 11 is 0. The Kier molecular flexibility index (Phi) is 5.48. The van der Waals surface area contributed by atoms with Gasteiger partial charge in [0, 0.05) is 13.6 Å². The molecule has 104 valence electrons. The highest BCUT2D eigenvalue weighted by Crippen LogP contribution is 2.09. The van der Waals surface area contributed by atoms with Crippen LogP contribution in [-0.4, -0.2) is 35.5 Å². The average Bonchev–Trinajstić information content (AvgIpc) is 2.38. The van der Waals surface area contributed by atoms with Crippen LogP contribution in [0.25, 0.3) is 0 Å². The summed E-state index contributed by atoms with van der Waals surface area (Å²) in [6.07, 6.45) is 0.841. The predicted molar refractivity (Wildman–Crippen MR) is 69.2 cm³/mol. The number of likely N-dealkylation sites (N-methyl/N-ethyl adjacent to an activating group) is 1. The van der Waals surface area contributed by atoms with E-state index in [9.17, 15) is 14.0 Å². The molecule has 0 saturated heterocycles. The van der Waals surface area contributed by atoms with Crippen LogP contribution in [0.5, 0.6) is 0 Å². The van der Waals surface area contributed by atoms with Crippen LogP contribution in [-0.2, 0) is 16.0 Å². The van der Waals surface area contributed by atoms with Crippen LogP contribution in [0, 0.1) is 11.7 Å². The number of carboxylic acid groups (broad SMARTS) is 1. The fourth-order valence-electron chi connectivity index (χ4n) is 1.78.